The monoisotopic (exact) mass is 418 g/mol. The van der Waals surface area contributed by atoms with Gasteiger partial charge >= 0.3 is 0 Å². The Labute approximate surface area is 138 Å². The Balaban J connectivity index is 2.54. The number of hydrogen-bond acceptors (Lipinski definition) is 4. The van der Waals surface area contributed by atoms with Gasteiger partial charge in [0.15, 0.2) is 0 Å². The third kappa shape index (κ3) is 2.92. The van der Waals surface area contributed by atoms with Crippen molar-refractivity contribution in [2.24, 2.45) is 0 Å². The average molecular weight is 420 g/mol. The van der Waals surface area contributed by atoms with Gasteiger partial charge in [0.25, 0.3) is 0 Å². The van der Waals surface area contributed by atoms with Gasteiger partial charge in [-0.15, -0.1) is 11.3 Å². The average Bonchev–Trinajstić information content (AvgIpc) is 2.77. The molecule has 2 rings (SSSR count). The number of carbonyl (C=O) groups is 1. The third-order valence-corrected chi connectivity index (χ3v) is 5.55. The molecule has 0 fully saturated rings. The van der Waals surface area contributed by atoms with Crippen LogP contribution in [0.5, 0.6) is 11.5 Å². The van der Waals surface area contributed by atoms with Gasteiger partial charge in [0.2, 0.25) is 5.78 Å². The Morgan fingerprint density at radius 3 is 2.35 bits per heavy atom. The van der Waals surface area contributed by atoms with Crippen LogP contribution in [-0.4, -0.2) is 20.0 Å². The molecule has 1 heterocycles. The highest BCUT2D eigenvalue weighted by Crippen LogP contribution is 2.36. The lowest BCUT2D eigenvalue weighted by Crippen LogP contribution is -2.04. The lowest BCUT2D eigenvalue weighted by atomic mass is 10.1. The molecule has 1 aromatic heterocycles. The number of ether oxygens (including phenoxy) is 2. The molecule has 0 spiro atoms. The number of methoxy groups -OCH3 is 2. The van der Waals surface area contributed by atoms with Crippen LogP contribution in [0, 0.1) is 6.92 Å². The summed E-state index contributed by atoms with van der Waals surface area (Å²) in [6.07, 6.45) is 0. The lowest BCUT2D eigenvalue weighted by Gasteiger charge is -2.11. The van der Waals surface area contributed by atoms with Crippen LogP contribution in [0.4, 0.5) is 0 Å². The lowest BCUT2D eigenvalue weighted by molar-refractivity contribution is 0.103. The van der Waals surface area contributed by atoms with E-state index in [-0.39, 0.29) is 5.78 Å². The summed E-state index contributed by atoms with van der Waals surface area (Å²) in [5.74, 6) is 1.05. The first-order valence-electron chi connectivity index (χ1n) is 5.70. The number of rotatable bonds is 4. The molecule has 1 aromatic carbocycles. The first-order chi connectivity index (χ1) is 9.47. The molecule has 0 unspecified atom stereocenters. The second-order valence-corrected chi connectivity index (χ2v) is 7.31. The van der Waals surface area contributed by atoms with Crippen molar-refractivity contribution in [2.75, 3.05) is 14.2 Å². The fourth-order valence-corrected chi connectivity index (χ4v) is 3.83. The van der Waals surface area contributed by atoms with Crippen LogP contribution in [0.1, 0.15) is 20.8 Å². The van der Waals surface area contributed by atoms with Crippen LogP contribution in [0.15, 0.2) is 26.5 Å². The zero-order valence-corrected chi connectivity index (χ0v) is 15.1. The first-order valence-corrected chi connectivity index (χ1v) is 8.10. The predicted molar refractivity (Wildman–Crippen MR) is 87.4 cm³/mol. The minimum absolute atomic E-state index is 0.0739. The van der Waals surface area contributed by atoms with Crippen molar-refractivity contribution in [3.8, 4) is 11.5 Å². The number of ketones is 1. The number of thiophene rings is 1. The van der Waals surface area contributed by atoms with Crippen LogP contribution in [0.3, 0.4) is 0 Å². The van der Waals surface area contributed by atoms with Gasteiger partial charge in [0, 0.05) is 10.5 Å². The van der Waals surface area contributed by atoms with Crippen LogP contribution in [0.25, 0.3) is 0 Å². The number of halogens is 2. The summed E-state index contributed by atoms with van der Waals surface area (Å²) in [5.41, 5.74) is 1.55. The molecule has 0 aliphatic rings. The van der Waals surface area contributed by atoms with Gasteiger partial charge < -0.3 is 9.47 Å². The van der Waals surface area contributed by atoms with Gasteiger partial charge in [-0.3, -0.25) is 4.79 Å². The van der Waals surface area contributed by atoms with Crippen molar-refractivity contribution in [3.63, 3.8) is 0 Å². The largest absolute Gasteiger partial charge is 0.497 e. The second-order valence-electron chi connectivity index (χ2n) is 4.08. The predicted octanol–water partition coefficient (Wildman–Crippen LogP) is 4.83. The van der Waals surface area contributed by atoms with E-state index in [4.69, 9.17) is 9.47 Å². The maximum atomic E-state index is 12.7. The zero-order valence-electron chi connectivity index (χ0n) is 11.1. The van der Waals surface area contributed by atoms with Crippen molar-refractivity contribution < 1.29 is 14.3 Å². The van der Waals surface area contributed by atoms with E-state index in [0.29, 0.717) is 26.4 Å². The molecule has 0 N–H and O–H groups in total. The van der Waals surface area contributed by atoms with Crippen LogP contribution in [-0.2, 0) is 0 Å². The van der Waals surface area contributed by atoms with Gasteiger partial charge in [-0.05, 0) is 56.5 Å². The third-order valence-electron chi connectivity index (χ3n) is 2.79. The molecular formula is C14H12Br2O3S. The standard InChI is InChI=1S/C14H12Br2O3S/c1-7-4-11(20-14(7)16)13(17)12-9(15)5-8(18-2)6-10(12)19-3/h4-6H,1-3H3. The number of hydrogen-bond donors (Lipinski definition) is 0. The van der Waals surface area contributed by atoms with E-state index in [1.54, 1.807) is 19.2 Å². The number of carbonyl (C=O) groups excluding carboxylic acids is 1. The van der Waals surface area contributed by atoms with Gasteiger partial charge in [0.05, 0.1) is 28.4 Å². The smallest absolute Gasteiger partial charge is 0.207 e. The summed E-state index contributed by atoms with van der Waals surface area (Å²) in [5, 5.41) is 0. The van der Waals surface area contributed by atoms with Crippen LogP contribution < -0.4 is 9.47 Å². The fraction of sp³-hybridized carbons (Fsp3) is 0.214. The molecule has 2 aromatic rings. The molecule has 0 atom stereocenters. The van der Waals surface area contributed by atoms with Crippen molar-refractivity contribution in [2.45, 2.75) is 6.92 Å². The molecule has 106 valence electrons. The Morgan fingerprint density at radius 2 is 1.85 bits per heavy atom. The first kappa shape index (κ1) is 15.5. The molecule has 6 heteroatoms. The van der Waals surface area contributed by atoms with Gasteiger partial charge in [0.1, 0.15) is 11.5 Å². The molecular weight excluding hydrogens is 408 g/mol. The number of benzene rings is 1. The molecule has 0 bridgehead atoms. The molecule has 0 saturated carbocycles. The van der Waals surface area contributed by atoms with Gasteiger partial charge in [-0.1, -0.05) is 0 Å². The van der Waals surface area contributed by atoms with E-state index >= 15 is 0 Å². The summed E-state index contributed by atoms with van der Waals surface area (Å²) in [6, 6.07) is 5.33. The maximum Gasteiger partial charge on any atom is 0.207 e. The van der Waals surface area contributed by atoms with Crippen molar-refractivity contribution in [1.29, 1.82) is 0 Å². The Hall–Kier alpha value is -0.850. The Morgan fingerprint density at radius 1 is 1.15 bits per heavy atom. The highest BCUT2D eigenvalue weighted by Gasteiger charge is 2.21. The molecule has 0 aliphatic heterocycles. The van der Waals surface area contributed by atoms with E-state index in [1.807, 2.05) is 13.0 Å². The van der Waals surface area contributed by atoms with Gasteiger partial charge in [-0.2, -0.15) is 0 Å². The minimum Gasteiger partial charge on any atom is -0.497 e. The van der Waals surface area contributed by atoms with Crippen molar-refractivity contribution in [1.82, 2.24) is 0 Å². The molecule has 0 saturated heterocycles. The normalized spacial score (nSPS) is 10.4. The second kappa shape index (κ2) is 6.28. The van der Waals surface area contributed by atoms with E-state index in [2.05, 4.69) is 31.9 Å². The van der Waals surface area contributed by atoms with E-state index < -0.39 is 0 Å². The summed E-state index contributed by atoms with van der Waals surface area (Å²) in [7, 11) is 3.11. The quantitative estimate of drug-likeness (QED) is 0.665. The highest BCUT2D eigenvalue weighted by molar-refractivity contribution is 9.11. The maximum absolute atomic E-state index is 12.7. The summed E-state index contributed by atoms with van der Waals surface area (Å²) < 4.78 is 12.1. The molecule has 0 radical (unpaired) electrons. The van der Waals surface area contributed by atoms with Crippen LogP contribution in [0.2, 0.25) is 0 Å². The van der Waals surface area contributed by atoms with Crippen molar-refractivity contribution >= 4 is 49.0 Å². The molecule has 0 aliphatic carbocycles. The van der Waals surface area contributed by atoms with E-state index in [1.165, 1.54) is 18.4 Å². The topological polar surface area (TPSA) is 35.5 Å². The van der Waals surface area contributed by atoms with Gasteiger partial charge in [-0.25, -0.2) is 0 Å². The fourth-order valence-electron chi connectivity index (χ4n) is 1.75. The Bertz CT molecular complexity index is 645. The summed E-state index contributed by atoms with van der Waals surface area (Å²) in [6.45, 7) is 1.96. The highest BCUT2D eigenvalue weighted by atomic mass is 79.9. The van der Waals surface area contributed by atoms with E-state index in [0.717, 1.165) is 9.35 Å². The summed E-state index contributed by atoms with van der Waals surface area (Å²) in [4.78, 5) is 13.3. The number of aryl methyl sites for hydroxylation is 1. The SMILES string of the molecule is COc1cc(Br)c(C(=O)c2cc(C)c(Br)s2)c(OC)c1. The molecule has 3 nitrogen and oxygen atoms in total. The molecule has 0 amide bonds. The van der Waals surface area contributed by atoms with E-state index in [9.17, 15) is 4.79 Å². The Kier molecular flexibility index (Phi) is 4.88. The minimum atomic E-state index is -0.0739. The molecule has 20 heavy (non-hydrogen) atoms. The zero-order chi connectivity index (χ0) is 14.9. The van der Waals surface area contributed by atoms with Crippen molar-refractivity contribution in [3.05, 3.63) is 42.5 Å². The van der Waals surface area contributed by atoms with Crippen LogP contribution >= 0.6 is 43.2 Å². The summed E-state index contributed by atoms with van der Waals surface area (Å²) >= 11 is 8.27.